The molecule has 0 unspecified atom stereocenters. The summed E-state index contributed by atoms with van der Waals surface area (Å²) in [5.41, 5.74) is 6.76. The van der Waals surface area contributed by atoms with Crippen LogP contribution >= 0.6 is 24.0 Å². The second-order valence-electron chi connectivity index (χ2n) is 2.95. The third-order valence-electron chi connectivity index (χ3n) is 2.03. The summed E-state index contributed by atoms with van der Waals surface area (Å²) >= 11 is 6.05. The summed E-state index contributed by atoms with van der Waals surface area (Å²) in [5, 5.41) is 1.30. The van der Waals surface area contributed by atoms with Crippen LogP contribution in [-0.4, -0.2) is 0 Å². The van der Waals surface area contributed by atoms with E-state index in [1.807, 2.05) is 0 Å². The molecule has 0 fully saturated rings. The number of thiol groups is 1. The van der Waals surface area contributed by atoms with Crippen LogP contribution in [0.3, 0.4) is 0 Å². The number of hydrogen-bond donors (Lipinski definition) is 2. The first-order valence-corrected chi connectivity index (χ1v) is 5.60. The normalized spacial score (nSPS) is 10.9. The van der Waals surface area contributed by atoms with Crippen molar-refractivity contribution in [3.05, 3.63) is 34.7 Å². The van der Waals surface area contributed by atoms with E-state index in [0.29, 0.717) is 6.54 Å². The summed E-state index contributed by atoms with van der Waals surface area (Å²) in [5.74, 6) is 0.817. The van der Waals surface area contributed by atoms with Crippen molar-refractivity contribution in [1.82, 2.24) is 0 Å². The first-order chi connectivity index (χ1) is 6.33. The van der Waals surface area contributed by atoms with Gasteiger partial charge in [-0.1, -0.05) is 12.1 Å². The van der Waals surface area contributed by atoms with Gasteiger partial charge in [-0.2, -0.15) is 12.6 Å². The van der Waals surface area contributed by atoms with Crippen LogP contribution in [0.1, 0.15) is 10.4 Å². The summed E-state index contributed by atoms with van der Waals surface area (Å²) in [6.07, 6.45) is 0. The quantitative estimate of drug-likeness (QED) is 0.731. The summed E-state index contributed by atoms with van der Waals surface area (Å²) in [6.45, 7) is 0.615. The second kappa shape index (κ2) is 3.70. The molecular weight excluding hydrogens is 198 g/mol. The van der Waals surface area contributed by atoms with Crippen molar-refractivity contribution < 1.29 is 0 Å². The van der Waals surface area contributed by atoms with E-state index in [-0.39, 0.29) is 0 Å². The molecule has 0 amide bonds. The van der Waals surface area contributed by atoms with Crippen molar-refractivity contribution in [2.45, 2.75) is 12.3 Å². The van der Waals surface area contributed by atoms with Gasteiger partial charge in [0.15, 0.2) is 0 Å². The van der Waals surface area contributed by atoms with Gasteiger partial charge in [0.1, 0.15) is 0 Å². The van der Waals surface area contributed by atoms with Gasteiger partial charge < -0.3 is 5.73 Å². The standard InChI is InChI=1S/C10H11NS2/c11-5-7-1-2-8-4-9(6-12)13-10(8)3-7/h1-4,12H,5-6,11H2. The van der Waals surface area contributed by atoms with Gasteiger partial charge in [-0.3, -0.25) is 0 Å². The summed E-state index contributed by atoms with van der Waals surface area (Å²) in [6, 6.07) is 8.55. The molecule has 2 N–H and O–H groups in total. The highest BCUT2D eigenvalue weighted by Crippen LogP contribution is 2.27. The molecule has 0 atom stereocenters. The number of benzene rings is 1. The molecule has 0 aliphatic rings. The van der Waals surface area contributed by atoms with Gasteiger partial charge in [0.05, 0.1) is 0 Å². The minimum atomic E-state index is 0.615. The minimum Gasteiger partial charge on any atom is -0.326 e. The van der Waals surface area contributed by atoms with E-state index in [1.54, 1.807) is 11.3 Å². The lowest BCUT2D eigenvalue weighted by Crippen LogP contribution is -1.94. The van der Waals surface area contributed by atoms with Crippen LogP contribution in [-0.2, 0) is 12.3 Å². The molecule has 0 spiro atoms. The van der Waals surface area contributed by atoms with Crippen LogP contribution in [0, 0.1) is 0 Å². The van der Waals surface area contributed by atoms with E-state index in [1.165, 1.54) is 20.5 Å². The van der Waals surface area contributed by atoms with Gasteiger partial charge >= 0.3 is 0 Å². The Morgan fingerprint density at radius 2 is 2.15 bits per heavy atom. The SMILES string of the molecule is NCc1ccc2cc(CS)sc2c1. The predicted octanol–water partition coefficient (Wildman–Crippen LogP) is 2.79. The largest absolute Gasteiger partial charge is 0.326 e. The van der Waals surface area contributed by atoms with E-state index < -0.39 is 0 Å². The molecule has 13 heavy (non-hydrogen) atoms. The predicted molar refractivity (Wildman–Crippen MR) is 62.4 cm³/mol. The van der Waals surface area contributed by atoms with Gasteiger partial charge in [-0.05, 0) is 23.1 Å². The smallest absolute Gasteiger partial charge is 0.0349 e. The molecular formula is C10H11NS2. The van der Waals surface area contributed by atoms with Crippen LogP contribution in [0.2, 0.25) is 0 Å². The number of rotatable bonds is 2. The van der Waals surface area contributed by atoms with Crippen molar-refractivity contribution in [1.29, 1.82) is 0 Å². The van der Waals surface area contributed by atoms with Crippen molar-refractivity contribution >= 4 is 34.1 Å². The third kappa shape index (κ3) is 1.73. The second-order valence-corrected chi connectivity index (χ2v) is 4.43. The Bertz CT molecular complexity index is 418. The van der Waals surface area contributed by atoms with Crippen LogP contribution in [0.15, 0.2) is 24.3 Å². The summed E-state index contributed by atoms with van der Waals surface area (Å²) < 4.78 is 1.31. The lowest BCUT2D eigenvalue weighted by atomic mass is 10.2. The van der Waals surface area contributed by atoms with Gasteiger partial charge in [0.2, 0.25) is 0 Å². The van der Waals surface area contributed by atoms with Crippen molar-refractivity contribution in [3.63, 3.8) is 0 Å². The first-order valence-electron chi connectivity index (χ1n) is 4.16. The zero-order valence-electron chi connectivity index (χ0n) is 7.16. The molecule has 0 aliphatic carbocycles. The zero-order chi connectivity index (χ0) is 9.26. The fraction of sp³-hybridized carbons (Fsp3) is 0.200. The maximum absolute atomic E-state index is 5.57. The zero-order valence-corrected chi connectivity index (χ0v) is 8.87. The number of hydrogen-bond acceptors (Lipinski definition) is 3. The van der Waals surface area contributed by atoms with E-state index in [9.17, 15) is 0 Å². The van der Waals surface area contributed by atoms with Gasteiger partial charge in [0, 0.05) is 21.9 Å². The maximum atomic E-state index is 5.57. The van der Waals surface area contributed by atoms with E-state index in [0.717, 1.165) is 5.75 Å². The van der Waals surface area contributed by atoms with E-state index in [4.69, 9.17) is 5.73 Å². The van der Waals surface area contributed by atoms with E-state index in [2.05, 4.69) is 36.9 Å². The Labute approximate surface area is 87.0 Å². The van der Waals surface area contributed by atoms with Crippen molar-refractivity contribution in [2.24, 2.45) is 5.73 Å². The Morgan fingerprint density at radius 1 is 1.31 bits per heavy atom. The van der Waals surface area contributed by atoms with Gasteiger partial charge in [-0.25, -0.2) is 0 Å². The highest BCUT2D eigenvalue weighted by Gasteiger charge is 2.00. The van der Waals surface area contributed by atoms with Gasteiger partial charge in [0.25, 0.3) is 0 Å². The third-order valence-corrected chi connectivity index (χ3v) is 3.68. The first kappa shape index (κ1) is 9.06. The number of fused-ring (bicyclic) bond motifs is 1. The molecule has 3 heteroatoms. The fourth-order valence-electron chi connectivity index (χ4n) is 1.34. The molecule has 0 bridgehead atoms. The Kier molecular flexibility index (Phi) is 2.58. The topological polar surface area (TPSA) is 26.0 Å². The van der Waals surface area contributed by atoms with Crippen molar-refractivity contribution in [2.75, 3.05) is 0 Å². The molecule has 2 rings (SSSR count). The molecule has 0 radical (unpaired) electrons. The number of nitrogens with two attached hydrogens (primary N) is 1. The molecule has 1 aromatic carbocycles. The summed E-state index contributed by atoms with van der Waals surface area (Å²) in [4.78, 5) is 1.31. The van der Waals surface area contributed by atoms with E-state index >= 15 is 0 Å². The Hall–Kier alpha value is -0.510. The lowest BCUT2D eigenvalue weighted by molar-refractivity contribution is 1.08. The Balaban J connectivity index is 2.57. The highest BCUT2D eigenvalue weighted by molar-refractivity contribution is 7.79. The van der Waals surface area contributed by atoms with Crippen LogP contribution in [0.4, 0.5) is 0 Å². The van der Waals surface area contributed by atoms with Crippen LogP contribution < -0.4 is 5.73 Å². The minimum absolute atomic E-state index is 0.615. The fourth-order valence-corrected chi connectivity index (χ4v) is 2.61. The molecule has 68 valence electrons. The maximum Gasteiger partial charge on any atom is 0.0349 e. The lowest BCUT2D eigenvalue weighted by Gasteiger charge is -1.94. The molecule has 0 saturated heterocycles. The van der Waals surface area contributed by atoms with Gasteiger partial charge in [-0.15, -0.1) is 11.3 Å². The molecule has 1 heterocycles. The highest BCUT2D eigenvalue weighted by atomic mass is 32.1. The van der Waals surface area contributed by atoms with Crippen LogP contribution in [0.5, 0.6) is 0 Å². The molecule has 1 aromatic heterocycles. The molecule has 2 aromatic rings. The average molecular weight is 209 g/mol. The monoisotopic (exact) mass is 209 g/mol. The summed E-state index contributed by atoms with van der Waals surface area (Å²) in [7, 11) is 0. The average Bonchev–Trinajstić information content (AvgIpc) is 2.58. The molecule has 0 aliphatic heterocycles. The molecule has 1 nitrogen and oxygen atoms in total. The Morgan fingerprint density at radius 3 is 2.85 bits per heavy atom. The van der Waals surface area contributed by atoms with Crippen molar-refractivity contribution in [3.8, 4) is 0 Å². The molecule has 0 saturated carbocycles. The number of thiophene rings is 1. The van der Waals surface area contributed by atoms with Crippen LogP contribution in [0.25, 0.3) is 10.1 Å².